The molecule has 3 saturated carbocycles. The van der Waals surface area contributed by atoms with Crippen molar-refractivity contribution in [3.8, 4) is 0 Å². The summed E-state index contributed by atoms with van der Waals surface area (Å²) in [5.74, 6) is -0.888. The molecule has 4 N–H and O–H groups in total. The SMILES string of the molecule is C[C@@H]1O[C@@]2(C)CC(=O)[C@@H]3C4(COC(=O)c5ccccc5)C[C@@]2(O[C@@H]2OC(CO)[C@@H](O)[C@H](O)C2O)[C@]134. The number of ether oxygens (including phenoxy) is 4. The van der Waals surface area contributed by atoms with Crippen molar-refractivity contribution < 1.29 is 49.0 Å². The summed E-state index contributed by atoms with van der Waals surface area (Å²) in [6.07, 6.45) is -7.09. The third-order valence-electron chi connectivity index (χ3n) is 9.38. The van der Waals surface area contributed by atoms with E-state index in [0.29, 0.717) is 12.0 Å². The fourth-order valence-corrected chi connectivity index (χ4v) is 8.07. The lowest BCUT2D eigenvalue weighted by molar-refractivity contribution is -0.361. The molecule has 5 aliphatic rings. The smallest absolute Gasteiger partial charge is 0.338 e. The Morgan fingerprint density at radius 2 is 1.86 bits per heavy atom. The van der Waals surface area contributed by atoms with Crippen molar-refractivity contribution >= 4 is 11.8 Å². The van der Waals surface area contributed by atoms with Crippen molar-refractivity contribution in [3.05, 3.63) is 35.9 Å². The first-order chi connectivity index (χ1) is 16.6. The summed E-state index contributed by atoms with van der Waals surface area (Å²) in [5.41, 5.74) is -3.07. The van der Waals surface area contributed by atoms with E-state index in [1.165, 1.54) is 0 Å². The van der Waals surface area contributed by atoms with Gasteiger partial charge >= 0.3 is 5.97 Å². The number of hydrogen-bond donors (Lipinski definition) is 4. The number of esters is 1. The number of benzene rings is 1. The van der Waals surface area contributed by atoms with E-state index in [0.717, 1.165) is 0 Å². The van der Waals surface area contributed by atoms with Gasteiger partial charge in [0.05, 0.1) is 24.9 Å². The molecule has 190 valence electrons. The normalized spacial score (nSPS) is 51.4. The first-order valence-electron chi connectivity index (χ1n) is 12.0. The van der Waals surface area contributed by atoms with Crippen LogP contribution in [0, 0.1) is 16.7 Å². The number of aliphatic hydroxyl groups excluding tert-OH is 4. The van der Waals surface area contributed by atoms with Crippen LogP contribution in [0.3, 0.4) is 0 Å². The van der Waals surface area contributed by atoms with Crippen LogP contribution in [-0.2, 0) is 23.7 Å². The molecule has 2 bridgehead atoms. The van der Waals surface area contributed by atoms with E-state index in [1.807, 2.05) is 6.92 Å². The molecule has 2 heterocycles. The number of aliphatic hydroxyl groups is 4. The fraction of sp³-hybridized carbons (Fsp3) is 0.680. The van der Waals surface area contributed by atoms with Gasteiger partial charge in [0, 0.05) is 23.2 Å². The lowest BCUT2D eigenvalue weighted by Crippen LogP contribution is -2.70. The maximum absolute atomic E-state index is 13.2. The molecule has 10 nitrogen and oxygen atoms in total. The van der Waals surface area contributed by atoms with Crippen LogP contribution >= 0.6 is 0 Å². The minimum absolute atomic E-state index is 0.0261. The van der Waals surface area contributed by atoms with Gasteiger partial charge in [-0.3, -0.25) is 4.79 Å². The fourth-order valence-electron chi connectivity index (χ4n) is 8.07. The average Bonchev–Trinajstić information content (AvgIpc) is 3.36. The van der Waals surface area contributed by atoms with Gasteiger partial charge in [-0.1, -0.05) is 18.2 Å². The molecule has 1 spiro atoms. The van der Waals surface area contributed by atoms with E-state index in [9.17, 15) is 30.0 Å². The van der Waals surface area contributed by atoms with Gasteiger partial charge in [0.15, 0.2) is 6.29 Å². The van der Waals surface area contributed by atoms with Crippen molar-refractivity contribution in [2.24, 2.45) is 16.7 Å². The molecule has 35 heavy (non-hydrogen) atoms. The molecule has 0 radical (unpaired) electrons. The second-order valence-corrected chi connectivity index (χ2v) is 10.9. The molecule has 3 unspecified atom stereocenters. The predicted octanol–water partition coefficient (Wildman–Crippen LogP) is -0.445. The number of ketones is 1. The molecule has 6 rings (SSSR count). The lowest BCUT2D eigenvalue weighted by atomic mass is 9.54. The van der Waals surface area contributed by atoms with Crippen LogP contribution in [0.2, 0.25) is 0 Å². The molecule has 2 saturated heterocycles. The van der Waals surface area contributed by atoms with Crippen LogP contribution in [0.1, 0.15) is 37.0 Å². The number of fused-ring (bicyclic) bond motifs is 1. The number of carbonyl (C=O) groups excluding carboxylic acids is 2. The Hall–Kier alpha value is -1.92. The van der Waals surface area contributed by atoms with Gasteiger partial charge < -0.3 is 39.4 Å². The molecule has 5 fully saturated rings. The summed E-state index contributed by atoms with van der Waals surface area (Å²) >= 11 is 0. The largest absolute Gasteiger partial charge is 0.461 e. The standard InChI is InChI=1S/C25H30O10/c1-12-25-19-14(27)8-22(2,34-12)24(25,35-21-18(30)17(29)16(28)15(9-26)33-21)10-23(19,25)11-32-20(31)13-6-4-3-5-7-13/h3-7,12,15-19,21,26,28-30H,8-11H2,1-2H3/t12-,15?,16+,17-,18?,19+,21-,22-,23?,24-,25+/m0/s1. The highest BCUT2D eigenvalue weighted by Crippen LogP contribution is 2.95. The van der Waals surface area contributed by atoms with Gasteiger partial charge in [-0.05, 0) is 32.4 Å². The van der Waals surface area contributed by atoms with Crippen molar-refractivity contribution in [2.45, 2.75) is 74.7 Å². The minimum atomic E-state index is -1.58. The molecule has 0 amide bonds. The van der Waals surface area contributed by atoms with E-state index >= 15 is 0 Å². The summed E-state index contributed by atoms with van der Waals surface area (Å²) in [5, 5.41) is 40.6. The van der Waals surface area contributed by atoms with E-state index < -0.39 is 77.3 Å². The van der Waals surface area contributed by atoms with Gasteiger partial charge in [-0.15, -0.1) is 0 Å². The van der Waals surface area contributed by atoms with Crippen molar-refractivity contribution in [2.75, 3.05) is 13.2 Å². The Bertz CT molecular complexity index is 1060. The van der Waals surface area contributed by atoms with Gasteiger partial charge in [-0.2, -0.15) is 0 Å². The highest BCUT2D eigenvalue weighted by molar-refractivity contribution is 5.94. The first kappa shape index (κ1) is 23.5. The molecule has 10 heteroatoms. The summed E-state index contributed by atoms with van der Waals surface area (Å²) in [4.78, 5) is 25.9. The van der Waals surface area contributed by atoms with Crippen LogP contribution in [0.4, 0.5) is 0 Å². The van der Waals surface area contributed by atoms with Crippen LogP contribution in [0.25, 0.3) is 0 Å². The number of carbonyl (C=O) groups is 2. The average molecular weight is 491 g/mol. The molecule has 3 aliphatic carbocycles. The van der Waals surface area contributed by atoms with Crippen molar-refractivity contribution in [3.63, 3.8) is 0 Å². The summed E-state index contributed by atoms with van der Waals surface area (Å²) in [7, 11) is 0. The van der Waals surface area contributed by atoms with E-state index in [1.54, 1.807) is 37.3 Å². The highest BCUT2D eigenvalue weighted by atomic mass is 16.7. The number of Topliss-reactive ketones (excluding diaryl/α,β-unsaturated/α-hetero) is 1. The van der Waals surface area contributed by atoms with E-state index in [-0.39, 0.29) is 18.8 Å². The molecular formula is C25H30O10. The van der Waals surface area contributed by atoms with Crippen molar-refractivity contribution in [1.82, 2.24) is 0 Å². The van der Waals surface area contributed by atoms with Crippen LogP contribution in [0.5, 0.6) is 0 Å². The third kappa shape index (κ3) is 2.58. The Morgan fingerprint density at radius 3 is 2.54 bits per heavy atom. The maximum Gasteiger partial charge on any atom is 0.338 e. The maximum atomic E-state index is 13.2. The van der Waals surface area contributed by atoms with E-state index in [2.05, 4.69) is 0 Å². The van der Waals surface area contributed by atoms with Crippen LogP contribution in [-0.4, -0.2) is 93.4 Å². The summed E-state index contributed by atoms with van der Waals surface area (Å²) in [6.45, 7) is 3.13. The molecule has 1 aromatic carbocycles. The monoisotopic (exact) mass is 490 g/mol. The zero-order chi connectivity index (χ0) is 25.0. The van der Waals surface area contributed by atoms with Gasteiger partial charge in [0.25, 0.3) is 0 Å². The Balaban J connectivity index is 1.30. The zero-order valence-corrected chi connectivity index (χ0v) is 19.5. The van der Waals surface area contributed by atoms with E-state index in [4.69, 9.17) is 18.9 Å². The summed E-state index contributed by atoms with van der Waals surface area (Å²) in [6, 6.07) is 8.62. The van der Waals surface area contributed by atoms with Gasteiger partial charge in [0.1, 0.15) is 41.4 Å². The Labute approximate surface area is 201 Å². The predicted molar refractivity (Wildman–Crippen MR) is 116 cm³/mol. The second kappa shape index (κ2) is 7.32. The molecule has 2 aliphatic heterocycles. The van der Waals surface area contributed by atoms with Crippen LogP contribution in [0.15, 0.2) is 30.3 Å². The van der Waals surface area contributed by atoms with Crippen molar-refractivity contribution in [1.29, 1.82) is 0 Å². The lowest BCUT2D eigenvalue weighted by Gasteiger charge is -2.57. The minimum Gasteiger partial charge on any atom is -0.461 e. The molecule has 1 aromatic rings. The summed E-state index contributed by atoms with van der Waals surface area (Å²) < 4.78 is 24.1. The first-order valence-corrected chi connectivity index (χ1v) is 12.0. The Kier molecular flexibility index (Phi) is 4.91. The van der Waals surface area contributed by atoms with Gasteiger partial charge in [0.2, 0.25) is 0 Å². The topological polar surface area (TPSA) is 152 Å². The molecule has 11 atom stereocenters. The molecular weight excluding hydrogens is 460 g/mol. The second-order valence-electron chi connectivity index (χ2n) is 10.9. The van der Waals surface area contributed by atoms with Crippen LogP contribution < -0.4 is 0 Å². The Morgan fingerprint density at radius 1 is 1.14 bits per heavy atom. The zero-order valence-electron chi connectivity index (χ0n) is 19.5. The third-order valence-corrected chi connectivity index (χ3v) is 9.38. The highest BCUT2D eigenvalue weighted by Gasteiger charge is 3.04. The number of hydrogen-bond acceptors (Lipinski definition) is 10. The van der Waals surface area contributed by atoms with Gasteiger partial charge in [-0.25, -0.2) is 4.79 Å². The number of rotatable bonds is 6. The molecule has 0 aromatic heterocycles. The quantitative estimate of drug-likeness (QED) is 0.386.